The summed E-state index contributed by atoms with van der Waals surface area (Å²) in [7, 11) is 0. The lowest BCUT2D eigenvalue weighted by Crippen LogP contribution is -2.49. The van der Waals surface area contributed by atoms with Gasteiger partial charge in [-0.3, -0.25) is 9.59 Å². The van der Waals surface area contributed by atoms with Crippen molar-refractivity contribution in [3.8, 4) is 5.75 Å². The van der Waals surface area contributed by atoms with Crippen molar-refractivity contribution in [2.75, 3.05) is 13.2 Å². The highest BCUT2D eigenvalue weighted by atomic mass is 35.5. The van der Waals surface area contributed by atoms with Crippen LogP contribution in [0, 0.1) is 5.92 Å². The van der Waals surface area contributed by atoms with Crippen LogP contribution in [-0.2, 0) is 16.1 Å². The average Bonchev–Trinajstić information content (AvgIpc) is 2.74. The van der Waals surface area contributed by atoms with Crippen molar-refractivity contribution in [1.29, 1.82) is 0 Å². The lowest BCUT2D eigenvalue weighted by atomic mass is 10.0. The summed E-state index contributed by atoms with van der Waals surface area (Å²) in [6.07, 6.45) is 0. The molecule has 0 bridgehead atoms. The highest BCUT2D eigenvalue weighted by molar-refractivity contribution is 6.35. The maximum Gasteiger partial charge on any atom is 0.261 e. The molecule has 0 aliphatic heterocycles. The van der Waals surface area contributed by atoms with Crippen molar-refractivity contribution in [2.24, 2.45) is 5.92 Å². The van der Waals surface area contributed by atoms with E-state index >= 15 is 0 Å². The normalized spacial score (nSPS) is 12.0. The Morgan fingerprint density at radius 2 is 1.72 bits per heavy atom. The van der Waals surface area contributed by atoms with E-state index in [2.05, 4.69) is 19.2 Å². The van der Waals surface area contributed by atoms with Crippen molar-refractivity contribution in [2.45, 2.75) is 53.1 Å². The molecule has 0 aliphatic rings. The monoisotopic (exact) mass is 478 g/mol. The lowest BCUT2D eigenvalue weighted by Gasteiger charge is -2.29. The number of para-hydroxylation sites is 1. The number of benzene rings is 2. The van der Waals surface area contributed by atoms with Crippen LogP contribution < -0.4 is 10.1 Å². The van der Waals surface area contributed by atoms with E-state index in [-0.39, 0.29) is 30.9 Å². The molecule has 0 saturated carbocycles. The number of amides is 2. The van der Waals surface area contributed by atoms with Crippen molar-refractivity contribution < 1.29 is 14.3 Å². The van der Waals surface area contributed by atoms with Crippen LogP contribution in [0.3, 0.4) is 0 Å². The predicted molar refractivity (Wildman–Crippen MR) is 130 cm³/mol. The van der Waals surface area contributed by atoms with Gasteiger partial charge in [-0.15, -0.1) is 0 Å². The zero-order valence-electron chi connectivity index (χ0n) is 19.3. The second-order valence-electron chi connectivity index (χ2n) is 8.55. The molecule has 0 saturated heterocycles. The van der Waals surface area contributed by atoms with E-state index in [0.29, 0.717) is 33.8 Å². The van der Waals surface area contributed by atoms with Crippen molar-refractivity contribution in [3.63, 3.8) is 0 Å². The zero-order chi connectivity index (χ0) is 23.8. The fourth-order valence-corrected chi connectivity index (χ4v) is 3.65. The maximum absolute atomic E-state index is 13.2. The zero-order valence-corrected chi connectivity index (χ0v) is 20.8. The topological polar surface area (TPSA) is 58.6 Å². The van der Waals surface area contributed by atoms with Crippen molar-refractivity contribution in [1.82, 2.24) is 10.2 Å². The number of carbonyl (C=O) groups is 2. The van der Waals surface area contributed by atoms with E-state index in [1.807, 2.05) is 38.1 Å². The fraction of sp³-hybridized carbons (Fsp3) is 0.440. The number of rotatable bonds is 10. The molecule has 0 spiro atoms. The molecule has 174 valence electrons. The van der Waals surface area contributed by atoms with Gasteiger partial charge in [0.2, 0.25) is 5.91 Å². The van der Waals surface area contributed by atoms with Crippen molar-refractivity contribution >= 4 is 35.0 Å². The van der Waals surface area contributed by atoms with Crippen LogP contribution >= 0.6 is 23.2 Å². The first kappa shape index (κ1) is 26.0. The Morgan fingerprint density at radius 3 is 2.34 bits per heavy atom. The molecule has 0 fully saturated rings. The van der Waals surface area contributed by atoms with Gasteiger partial charge in [0, 0.05) is 23.1 Å². The van der Waals surface area contributed by atoms with E-state index in [0.717, 1.165) is 5.56 Å². The molecule has 7 heteroatoms. The highest BCUT2D eigenvalue weighted by Crippen LogP contribution is 2.26. The molecule has 0 unspecified atom stereocenters. The Kier molecular flexibility index (Phi) is 9.85. The van der Waals surface area contributed by atoms with Gasteiger partial charge >= 0.3 is 0 Å². The summed E-state index contributed by atoms with van der Waals surface area (Å²) in [5.74, 6) is 0.696. The van der Waals surface area contributed by atoms with Crippen molar-refractivity contribution in [3.05, 3.63) is 63.6 Å². The number of carbonyl (C=O) groups excluding carboxylic acids is 2. The molecule has 0 aromatic heterocycles. The molecular formula is C25H32Cl2N2O3. The van der Waals surface area contributed by atoms with E-state index in [1.165, 1.54) is 4.90 Å². The van der Waals surface area contributed by atoms with Gasteiger partial charge in [0.1, 0.15) is 11.8 Å². The number of ether oxygens (including phenoxy) is 1. The van der Waals surface area contributed by atoms with Crippen LogP contribution in [-0.4, -0.2) is 35.9 Å². The summed E-state index contributed by atoms with van der Waals surface area (Å²) in [6, 6.07) is 12.1. The molecular weight excluding hydrogens is 447 g/mol. The molecule has 5 nitrogen and oxygen atoms in total. The van der Waals surface area contributed by atoms with Crippen LogP contribution in [0.2, 0.25) is 10.0 Å². The van der Waals surface area contributed by atoms with Crippen LogP contribution in [0.4, 0.5) is 0 Å². The van der Waals surface area contributed by atoms with Crippen LogP contribution in [0.15, 0.2) is 42.5 Å². The van der Waals surface area contributed by atoms with Crippen LogP contribution in [0.1, 0.15) is 51.7 Å². The standard InChI is InChI=1S/C25H32Cl2N2O3/c1-16(2)13-28-25(31)18(5)29(14-19-10-11-20(26)12-22(19)27)24(30)15-32-23-9-7-6-8-21(23)17(3)4/h6-12,16-18H,13-15H2,1-5H3,(H,28,31)/t18-/m1/s1. The number of halogens is 2. The quantitative estimate of drug-likeness (QED) is 0.477. The minimum atomic E-state index is -0.697. The first-order valence-electron chi connectivity index (χ1n) is 10.8. The smallest absolute Gasteiger partial charge is 0.261 e. The Morgan fingerprint density at radius 1 is 1.03 bits per heavy atom. The predicted octanol–water partition coefficient (Wildman–Crippen LogP) is 5.69. The number of nitrogens with one attached hydrogen (secondary N) is 1. The molecule has 0 heterocycles. The van der Waals surface area contributed by atoms with Gasteiger partial charge in [-0.2, -0.15) is 0 Å². The molecule has 0 radical (unpaired) electrons. The lowest BCUT2D eigenvalue weighted by molar-refractivity contribution is -0.142. The minimum Gasteiger partial charge on any atom is -0.483 e. The van der Waals surface area contributed by atoms with Gasteiger partial charge in [0.15, 0.2) is 6.61 Å². The van der Waals surface area contributed by atoms with E-state index in [4.69, 9.17) is 27.9 Å². The maximum atomic E-state index is 13.2. The Labute approximate surface area is 201 Å². The summed E-state index contributed by atoms with van der Waals surface area (Å²) >= 11 is 12.3. The second kappa shape index (κ2) is 12.1. The molecule has 1 N–H and O–H groups in total. The first-order valence-corrected chi connectivity index (χ1v) is 11.6. The molecule has 2 aromatic rings. The fourth-order valence-electron chi connectivity index (χ4n) is 3.18. The average molecular weight is 479 g/mol. The van der Waals surface area contributed by atoms with E-state index in [1.54, 1.807) is 25.1 Å². The summed E-state index contributed by atoms with van der Waals surface area (Å²) in [5.41, 5.74) is 1.73. The van der Waals surface area contributed by atoms with Gasteiger partial charge in [-0.05, 0) is 48.1 Å². The number of hydrogen-bond donors (Lipinski definition) is 1. The van der Waals surface area contributed by atoms with Gasteiger partial charge in [0.05, 0.1) is 0 Å². The molecule has 1 atom stereocenters. The second-order valence-corrected chi connectivity index (χ2v) is 9.40. The SMILES string of the molecule is CC(C)CNC(=O)[C@@H](C)N(Cc1ccc(Cl)cc1Cl)C(=O)COc1ccccc1C(C)C. The first-order chi connectivity index (χ1) is 15.1. The third-order valence-corrected chi connectivity index (χ3v) is 5.69. The van der Waals surface area contributed by atoms with Gasteiger partial charge in [-0.1, -0.05) is 75.2 Å². The summed E-state index contributed by atoms with van der Waals surface area (Å²) in [5, 5.41) is 3.85. The molecule has 2 aromatic carbocycles. The Hall–Kier alpha value is -2.24. The van der Waals surface area contributed by atoms with Gasteiger partial charge in [0.25, 0.3) is 5.91 Å². The Balaban J connectivity index is 2.22. The summed E-state index contributed by atoms with van der Waals surface area (Å²) < 4.78 is 5.88. The number of nitrogens with zero attached hydrogens (tertiary/aromatic N) is 1. The largest absolute Gasteiger partial charge is 0.483 e. The summed E-state index contributed by atoms with van der Waals surface area (Å²) in [4.78, 5) is 27.4. The molecule has 2 amide bonds. The third-order valence-electron chi connectivity index (χ3n) is 5.10. The third kappa shape index (κ3) is 7.42. The molecule has 32 heavy (non-hydrogen) atoms. The summed E-state index contributed by atoms with van der Waals surface area (Å²) in [6.45, 7) is 10.4. The van der Waals surface area contributed by atoms with Crippen LogP contribution in [0.25, 0.3) is 0 Å². The van der Waals surface area contributed by atoms with Crippen LogP contribution in [0.5, 0.6) is 5.75 Å². The minimum absolute atomic E-state index is 0.167. The molecule has 2 rings (SSSR count). The highest BCUT2D eigenvalue weighted by Gasteiger charge is 2.27. The van der Waals surface area contributed by atoms with Gasteiger partial charge < -0.3 is 15.0 Å². The number of hydrogen-bond acceptors (Lipinski definition) is 3. The Bertz CT molecular complexity index is 931. The van der Waals surface area contributed by atoms with E-state index < -0.39 is 6.04 Å². The van der Waals surface area contributed by atoms with Gasteiger partial charge in [-0.25, -0.2) is 0 Å². The van der Waals surface area contributed by atoms with E-state index in [9.17, 15) is 9.59 Å². The molecule has 0 aliphatic carbocycles.